The third-order valence-electron chi connectivity index (χ3n) is 3.16. The highest BCUT2D eigenvalue weighted by Gasteiger charge is 2.26. The van der Waals surface area contributed by atoms with Crippen LogP contribution in [0.2, 0.25) is 0 Å². The van der Waals surface area contributed by atoms with E-state index in [4.69, 9.17) is 0 Å². The Morgan fingerprint density at radius 1 is 1.31 bits per heavy atom. The average molecular weight is 184 g/mol. The quantitative estimate of drug-likeness (QED) is 0.710. The molecule has 1 heteroatoms. The zero-order valence-corrected chi connectivity index (χ0v) is 9.34. The topological polar surface area (TPSA) is 20.2 Å². The summed E-state index contributed by atoms with van der Waals surface area (Å²) in [6.45, 7) is 6.48. The SMILES string of the molecule is CC(O)CC(C)(C)CC1CCCC1. The lowest BCUT2D eigenvalue weighted by Gasteiger charge is -2.29. The second kappa shape index (κ2) is 4.45. The first-order valence-corrected chi connectivity index (χ1v) is 5.68. The smallest absolute Gasteiger partial charge is 0.0517 e. The van der Waals surface area contributed by atoms with Gasteiger partial charge in [0.25, 0.3) is 0 Å². The van der Waals surface area contributed by atoms with Gasteiger partial charge in [-0.15, -0.1) is 0 Å². The second-order valence-corrected chi connectivity index (χ2v) is 5.57. The van der Waals surface area contributed by atoms with Crippen LogP contribution in [0, 0.1) is 11.3 Å². The highest BCUT2D eigenvalue weighted by molar-refractivity contribution is 4.78. The lowest BCUT2D eigenvalue weighted by atomic mass is 9.78. The van der Waals surface area contributed by atoms with E-state index in [0.29, 0.717) is 5.41 Å². The molecule has 0 bridgehead atoms. The first-order valence-electron chi connectivity index (χ1n) is 5.68. The maximum Gasteiger partial charge on any atom is 0.0517 e. The van der Waals surface area contributed by atoms with E-state index in [9.17, 15) is 5.11 Å². The van der Waals surface area contributed by atoms with E-state index in [-0.39, 0.29) is 6.10 Å². The highest BCUT2D eigenvalue weighted by Crippen LogP contribution is 2.37. The van der Waals surface area contributed by atoms with Gasteiger partial charge in [0.05, 0.1) is 6.10 Å². The molecule has 78 valence electrons. The summed E-state index contributed by atoms with van der Waals surface area (Å²) in [6, 6.07) is 0. The number of aliphatic hydroxyl groups is 1. The van der Waals surface area contributed by atoms with Crippen LogP contribution >= 0.6 is 0 Å². The highest BCUT2D eigenvalue weighted by atomic mass is 16.3. The average Bonchev–Trinajstić information content (AvgIpc) is 2.34. The minimum absolute atomic E-state index is 0.142. The van der Waals surface area contributed by atoms with Crippen LogP contribution < -0.4 is 0 Å². The molecule has 0 saturated heterocycles. The van der Waals surface area contributed by atoms with Crippen LogP contribution in [0.1, 0.15) is 59.3 Å². The molecule has 1 unspecified atom stereocenters. The zero-order chi connectivity index (χ0) is 9.90. The van der Waals surface area contributed by atoms with E-state index in [0.717, 1.165) is 12.3 Å². The van der Waals surface area contributed by atoms with Crippen molar-refractivity contribution in [2.24, 2.45) is 11.3 Å². The number of hydrogen-bond acceptors (Lipinski definition) is 1. The van der Waals surface area contributed by atoms with Crippen LogP contribution in [0.15, 0.2) is 0 Å². The predicted molar refractivity (Wildman–Crippen MR) is 56.7 cm³/mol. The third-order valence-corrected chi connectivity index (χ3v) is 3.16. The summed E-state index contributed by atoms with van der Waals surface area (Å²) >= 11 is 0. The van der Waals surface area contributed by atoms with Gasteiger partial charge in [0, 0.05) is 0 Å². The van der Waals surface area contributed by atoms with Gasteiger partial charge in [0.15, 0.2) is 0 Å². The van der Waals surface area contributed by atoms with E-state index >= 15 is 0 Å². The van der Waals surface area contributed by atoms with Crippen molar-refractivity contribution in [1.82, 2.24) is 0 Å². The maximum absolute atomic E-state index is 9.36. The molecule has 1 aliphatic carbocycles. The van der Waals surface area contributed by atoms with Gasteiger partial charge in [0.1, 0.15) is 0 Å². The molecule has 13 heavy (non-hydrogen) atoms. The fraction of sp³-hybridized carbons (Fsp3) is 1.00. The molecular weight excluding hydrogens is 160 g/mol. The molecule has 1 rings (SSSR count). The molecule has 0 heterocycles. The Labute approximate surface area is 82.5 Å². The minimum Gasteiger partial charge on any atom is -0.393 e. The number of rotatable bonds is 4. The van der Waals surface area contributed by atoms with Crippen molar-refractivity contribution in [2.45, 2.75) is 65.4 Å². The zero-order valence-electron chi connectivity index (χ0n) is 9.34. The molecule has 0 aromatic carbocycles. The Kier molecular flexibility index (Phi) is 3.78. The fourth-order valence-electron chi connectivity index (χ4n) is 2.88. The standard InChI is InChI=1S/C12H24O/c1-10(13)8-12(2,3)9-11-6-4-5-7-11/h10-11,13H,4-9H2,1-3H3. The van der Waals surface area contributed by atoms with Crippen molar-refractivity contribution in [3.05, 3.63) is 0 Å². The lowest BCUT2D eigenvalue weighted by molar-refractivity contribution is 0.114. The molecular formula is C12H24O. The molecule has 1 nitrogen and oxygen atoms in total. The Morgan fingerprint density at radius 2 is 1.85 bits per heavy atom. The van der Waals surface area contributed by atoms with Crippen molar-refractivity contribution in [1.29, 1.82) is 0 Å². The predicted octanol–water partition coefficient (Wildman–Crippen LogP) is 3.36. The van der Waals surface area contributed by atoms with Crippen LogP contribution in [0.4, 0.5) is 0 Å². The Balaban J connectivity index is 2.31. The Morgan fingerprint density at radius 3 is 2.31 bits per heavy atom. The van der Waals surface area contributed by atoms with Gasteiger partial charge >= 0.3 is 0 Å². The van der Waals surface area contributed by atoms with Gasteiger partial charge in [0.2, 0.25) is 0 Å². The summed E-state index contributed by atoms with van der Waals surface area (Å²) in [4.78, 5) is 0. The molecule has 0 spiro atoms. The van der Waals surface area contributed by atoms with Crippen molar-refractivity contribution >= 4 is 0 Å². The van der Waals surface area contributed by atoms with E-state index < -0.39 is 0 Å². The molecule has 0 aliphatic heterocycles. The molecule has 0 aromatic rings. The summed E-state index contributed by atoms with van der Waals surface area (Å²) in [5.41, 5.74) is 0.336. The van der Waals surface area contributed by atoms with Gasteiger partial charge in [-0.3, -0.25) is 0 Å². The van der Waals surface area contributed by atoms with Crippen molar-refractivity contribution < 1.29 is 5.11 Å². The molecule has 1 N–H and O–H groups in total. The molecule has 0 aromatic heterocycles. The van der Waals surface area contributed by atoms with Crippen molar-refractivity contribution in [2.75, 3.05) is 0 Å². The molecule has 1 atom stereocenters. The summed E-state index contributed by atoms with van der Waals surface area (Å²) in [7, 11) is 0. The van der Waals surface area contributed by atoms with E-state index in [2.05, 4.69) is 13.8 Å². The van der Waals surface area contributed by atoms with Crippen LogP contribution in [0.3, 0.4) is 0 Å². The molecule has 0 amide bonds. The Hall–Kier alpha value is -0.0400. The van der Waals surface area contributed by atoms with Crippen LogP contribution in [-0.4, -0.2) is 11.2 Å². The maximum atomic E-state index is 9.36. The first-order chi connectivity index (χ1) is 5.99. The van der Waals surface area contributed by atoms with Crippen molar-refractivity contribution in [3.8, 4) is 0 Å². The van der Waals surface area contributed by atoms with Crippen LogP contribution in [0.25, 0.3) is 0 Å². The van der Waals surface area contributed by atoms with E-state index in [1.165, 1.54) is 32.1 Å². The minimum atomic E-state index is -0.142. The van der Waals surface area contributed by atoms with Gasteiger partial charge in [-0.1, -0.05) is 39.5 Å². The first kappa shape index (κ1) is 11.0. The molecule has 0 radical (unpaired) electrons. The number of aliphatic hydroxyl groups excluding tert-OH is 1. The lowest BCUT2D eigenvalue weighted by Crippen LogP contribution is -2.21. The Bertz CT molecular complexity index is 143. The molecule has 1 saturated carbocycles. The van der Waals surface area contributed by atoms with E-state index in [1.807, 2.05) is 6.92 Å². The van der Waals surface area contributed by atoms with Crippen LogP contribution in [0.5, 0.6) is 0 Å². The molecule has 1 fully saturated rings. The normalized spacial score (nSPS) is 22.2. The van der Waals surface area contributed by atoms with Gasteiger partial charge < -0.3 is 5.11 Å². The summed E-state index contributed by atoms with van der Waals surface area (Å²) < 4.78 is 0. The monoisotopic (exact) mass is 184 g/mol. The number of hydrogen-bond donors (Lipinski definition) is 1. The van der Waals surface area contributed by atoms with E-state index in [1.54, 1.807) is 0 Å². The summed E-state index contributed by atoms with van der Waals surface area (Å²) in [6.07, 6.45) is 7.80. The summed E-state index contributed by atoms with van der Waals surface area (Å²) in [5.74, 6) is 0.939. The van der Waals surface area contributed by atoms with Crippen LogP contribution in [-0.2, 0) is 0 Å². The molecule has 1 aliphatic rings. The fourth-order valence-corrected chi connectivity index (χ4v) is 2.88. The van der Waals surface area contributed by atoms with Gasteiger partial charge in [-0.05, 0) is 31.1 Å². The van der Waals surface area contributed by atoms with Gasteiger partial charge in [-0.2, -0.15) is 0 Å². The largest absolute Gasteiger partial charge is 0.393 e. The van der Waals surface area contributed by atoms with Crippen molar-refractivity contribution in [3.63, 3.8) is 0 Å². The van der Waals surface area contributed by atoms with Gasteiger partial charge in [-0.25, -0.2) is 0 Å². The summed E-state index contributed by atoms with van der Waals surface area (Å²) in [5, 5.41) is 9.36. The second-order valence-electron chi connectivity index (χ2n) is 5.57. The third kappa shape index (κ3) is 4.12.